The van der Waals surface area contributed by atoms with Crippen molar-refractivity contribution in [3.8, 4) is 0 Å². The number of ether oxygens (including phenoxy) is 1. The van der Waals surface area contributed by atoms with Crippen LogP contribution in [0, 0.1) is 6.92 Å². The minimum atomic E-state index is 0.475. The molecule has 1 fully saturated rings. The SMILES string of the molecule is CSc1ccc(C)cc1CC1CCO1. The van der Waals surface area contributed by atoms with E-state index in [0.717, 1.165) is 13.0 Å². The van der Waals surface area contributed by atoms with Crippen molar-refractivity contribution in [2.45, 2.75) is 30.8 Å². The molecular weight excluding hydrogens is 192 g/mol. The molecule has 0 radical (unpaired) electrons. The molecule has 0 amide bonds. The maximum atomic E-state index is 5.46. The van der Waals surface area contributed by atoms with Crippen molar-refractivity contribution in [2.24, 2.45) is 0 Å². The van der Waals surface area contributed by atoms with Crippen LogP contribution < -0.4 is 0 Å². The summed E-state index contributed by atoms with van der Waals surface area (Å²) >= 11 is 1.83. The minimum absolute atomic E-state index is 0.475. The summed E-state index contributed by atoms with van der Waals surface area (Å²) in [5.74, 6) is 0. The summed E-state index contributed by atoms with van der Waals surface area (Å²) in [7, 11) is 0. The fourth-order valence-electron chi connectivity index (χ4n) is 1.76. The van der Waals surface area contributed by atoms with Crippen LogP contribution in [0.2, 0.25) is 0 Å². The number of benzene rings is 1. The van der Waals surface area contributed by atoms with E-state index in [1.807, 2.05) is 11.8 Å². The molecule has 0 N–H and O–H groups in total. The topological polar surface area (TPSA) is 9.23 Å². The summed E-state index contributed by atoms with van der Waals surface area (Å²) in [6.45, 7) is 3.10. The van der Waals surface area contributed by atoms with E-state index in [0.29, 0.717) is 6.10 Å². The largest absolute Gasteiger partial charge is 0.378 e. The van der Waals surface area contributed by atoms with E-state index < -0.39 is 0 Å². The summed E-state index contributed by atoms with van der Waals surface area (Å²) in [5, 5.41) is 0. The molecule has 2 heteroatoms. The Morgan fingerprint density at radius 3 is 2.86 bits per heavy atom. The summed E-state index contributed by atoms with van der Waals surface area (Å²) in [4.78, 5) is 1.39. The van der Waals surface area contributed by atoms with Gasteiger partial charge in [0.25, 0.3) is 0 Å². The lowest BCUT2D eigenvalue weighted by Gasteiger charge is -2.27. The highest BCUT2D eigenvalue weighted by atomic mass is 32.2. The highest BCUT2D eigenvalue weighted by molar-refractivity contribution is 7.98. The Labute approximate surface area is 89.9 Å². The number of thioether (sulfide) groups is 1. The monoisotopic (exact) mass is 208 g/mol. The quantitative estimate of drug-likeness (QED) is 0.706. The number of hydrogen-bond acceptors (Lipinski definition) is 2. The lowest BCUT2D eigenvalue weighted by atomic mass is 10.0. The molecule has 0 bridgehead atoms. The second-order valence-electron chi connectivity index (χ2n) is 3.80. The van der Waals surface area contributed by atoms with Crippen LogP contribution in [-0.4, -0.2) is 19.0 Å². The Hall–Kier alpha value is -0.470. The van der Waals surface area contributed by atoms with Gasteiger partial charge in [-0.3, -0.25) is 0 Å². The molecule has 76 valence electrons. The summed E-state index contributed by atoms with van der Waals surface area (Å²) < 4.78 is 5.46. The molecule has 0 aromatic heterocycles. The third-order valence-electron chi connectivity index (χ3n) is 2.68. The Bertz CT molecular complexity index is 318. The molecule has 1 aromatic carbocycles. The molecule has 2 rings (SSSR count). The normalized spacial score (nSPS) is 20.6. The fourth-order valence-corrected chi connectivity index (χ4v) is 2.37. The second-order valence-corrected chi connectivity index (χ2v) is 4.65. The van der Waals surface area contributed by atoms with Gasteiger partial charge in [0.1, 0.15) is 0 Å². The van der Waals surface area contributed by atoms with Crippen molar-refractivity contribution in [2.75, 3.05) is 12.9 Å². The van der Waals surface area contributed by atoms with Gasteiger partial charge in [-0.05, 0) is 37.7 Å². The smallest absolute Gasteiger partial charge is 0.0637 e. The molecule has 0 saturated carbocycles. The molecule has 0 aliphatic carbocycles. The first kappa shape index (κ1) is 10.1. The van der Waals surface area contributed by atoms with Gasteiger partial charge < -0.3 is 4.74 Å². The van der Waals surface area contributed by atoms with Gasteiger partial charge in [-0.2, -0.15) is 0 Å². The molecule has 1 aliphatic heterocycles. The zero-order chi connectivity index (χ0) is 9.97. The molecular formula is C12H16OS. The highest BCUT2D eigenvalue weighted by Gasteiger charge is 2.19. The summed E-state index contributed by atoms with van der Waals surface area (Å²) in [6.07, 6.45) is 4.91. The minimum Gasteiger partial charge on any atom is -0.378 e. The average molecular weight is 208 g/mol. The molecule has 1 nitrogen and oxygen atoms in total. The predicted molar refractivity (Wildman–Crippen MR) is 61.0 cm³/mol. The van der Waals surface area contributed by atoms with Crippen LogP contribution >= 0.6 is 11.8 Å². The predicted octanol–water partition coefficient (Wildman–Crippen LogP) is 3.05. The van der Waals surface area contributed by atoms with Crippen LogP contribution in [-0.2, 0) is 11.2 Å². The zero-order valence-corrected chi connectivity index (χ0v) is 9.56. The van der Waals surface area contributed by atoms with Gasteiger partial charge in [0.2, 0.25) is 0 Å². The molecule has 1 atom stereocenters. The number of hydrogen-bond donors (Lipinski definition) is 0. The van der Waals surface area contributed by atoms with Crippen molar-refractivity contribution in [1.29, 1.82) is 0 Å². The average Bonchev–Trinajstić information content (AvgIpc) is 2.12. The maximum Gasteiger partial charge on any atom is 0.0637 e. The van der Waals surface area contributed by atoms with Gasteiger partial charge in [0.15, 0.2) is 0 Å². The molecule has 1 saturated heterocycles. The van der Waals surface area contributed by atoms with E-state index in [2.05, 4.69) is 31.4 Å². The van der Waals surface area contributed by atoms with Crippen molar-refractivity contribution >= 4 is 11.8 Å². The lowest BCUT2D eigenvalue weighted by molar-refractivity contribution is -0.0494. The van der Waals surface area contributed by atoms with Crippen molar-refractivity contribution in [1.82, 2.24) is 0 Å². The molecule has 1 aromatic rings. The van der Waals surface area contributed by atoms with Crippen LogP contribution in [0.4, 0.5) is 0 Å². The van der Waals surface area contributed by atoms with E-state index in [1.54, 1.807) is 0 Å². The van der Waals surface area contributed by atoms with E-state index in [9.17, 15) is 0 Å². The first-order valence-electron chi connectivity index (χ1n) is 5.04. The van der Waals surface area contributed by atoms with Crippen molar-refractivity contribution < 1.29 is 4.74 Å². The van der Waals surface area contributed by atoms with Crippen LogP contribution in [0.5, 0.6) is 0 Å². The Morgan fingerprint density at radius 2 is 2.29 bits per heavy atom. The fraction of sp³-hybridized carbons (Fsp3) is 0.500. The molecule has 1 heterocycles. The van der Waals surface area contributed by atoms with Crippen LogP contribution in [0.25, 0.3) is 0 Å². The summed E-state index contributed by atoms with van der Waals surface area (Å²) in [6, 6.07) is 6.68. The van der Waals surface area contributed by atoms with E-state index in [4.69, 9.17) is 4.74 Å². The third kappa shape index (κ3) is 2.12. The van der Waals surface area contributed by atoms with Gasteiger partial charge >= 0.3 is 0 Å². The van der Waals surface area contributed by atoms with Gasteiger partial charge in [-0.1, -0.05) is 17.7 Å². The molecule has 1 aliphatic rings. The highest BCUT2D eigenvalue weighted by Crippen LogP contribution is 2.26. The maximum absolute atomic E-state index is 5.46. The molecule has 1 unspecified atom stereocenters. The Morgan fingerprint density at radius 1 is 1.50 bits per heavy atom. The second kappa shape index (κ2) is 4.37. The van der Waals surface area contributed by atoms with E-state index in [1.165, 1.54) is 22.4 Å². The van der Waals surface area contributed by atoms with Gasteiger partial charge in [0, 0.05) is 11.5 Å². The standard InChI is InChI=1S/C12H16OS/c1-9-3-4-12(14-2)10(7-9)8-11-5-6-13-11/h3-4,7,11H,5-6,8H2,1-2H3. The van der Waals surface area contributed by atoms with Crippen LogP contribution in [0.1, 0.15) is 17.5 Å². The van der Waals surface area contributed by atoms with Crippen molar-refractivity contribution in [3.05, 3.63) is 29.3 Å². The zero-order valence-electron chi connectivity index (χ0n) is 8.75. The first-order valence-corrected chi connectivity index (χ1v) is 6.27. The summed E-state index contributed by atoms with van der Waals surface area (Å²) in [5.41, 5.74) is 2.79. The van der Waals surface area contributed by atoms with Gasteiger partial charge in [0.05, 0.1) is 6.10 Å². The van der Waals surface area contributed by atoms with Crippen molar-refractivity contribution in [3.63, 3.8) is 0 Å². The van der Waals surface area contributed by atoms with Crippen LogP contribution in [0.15, 0.2) is 23.1 Å². The van der Waals surface area contributed by atoms with Gasteiger partial charge in [-0.15, -0.1) is 11.8 Å². The van der Waals surface area contributed by atoms with E-state index in [-0.39, 0.29) is 0 Å². The van der Waals surface area contributed by atoms with E-state index >= 15 is 0 Å². The third-order valence-corrected chi connectivity index (χ3v) is 3.51. The van der Waals surface area contributed by atoms with Crippen LogP contribution in [0.3, 0.4) is 0 Å². The lowest BCUT2D eigenvalue weighted by Crippen LogP contribution is -2.28. The van der Waals surface area contributed by atoms with Gasteiger partial charge in [-0.25, -0.2) is 0 Å². The molecule has 0 spiro atoms. The Balaban J connectivity index is 2.15. The molecule has 14 heavy (non-hydrogen) atoms. The first-order chi connectivity index (χ1) is 6.79. The number of rotatable bonds is 3. The Kier molecular flexibility index (Phi) is 3.14. The number of aryl methyl sites for hydroxylation is 1.